The molecule has 0 fully saturated rings. The van der Waals surface area contributed by atoms with E-state index < -0.39 is 10.0 Å². The predicted octanol–water partition coefficient (Wildman–Crippen LogP) is 4.26. The van der Waals surface area contributed by atoms with Gasteiger partial charge >= 0.3 is 0 Å². The lowest BCUT2D eigenvalue weighted by atomic mass is 10.1. The van der Waals surface area contributed by atoms with Gasteiger partial charge in [0.25, 0.3) is 10.0 Å². The van der Waals surface area contributed by atoms with Crippen molar-refractivity contribution in [3.8, 4) is 11.3 Å². The number of anilines is 1. The Bertz CT molecular complexity index is 1090. The Morgan fingerprint density at radius 3 is 2.88 bits per heavy atom. The second-order valence-electron chi connectivity index (χ2n) is 6.41. The summed E-state index contributed by atoms with van der Waals surface area (Å²) >= 11 is 5.97. The number of rotatable bonds is 4. The Hall–Kier alpha value is -2.31. The van der Waals surface area contributed by atoms with E-state index in [1.54, 1.807) is 25.1 Å². The molecule has 1 aliphatic heterocycles. The van der Waals surface area contributed by atoms with Gasteiger partial charge in [-0.1, -0.05) is 29.8 Å². The molecule has 0 unspecified atom stereocenters. The smallest absolute Gasteiger partial charge is 0.262 e. The van der Waals surface area contributed by atoms with Gasteiger partial charge in [0.2, 0.25) is 0 Å². The van der Waals surface area contributed by atoms with E-state index in [0.717, 1.165) is 36.5 Å². The van der Waals surface area contributed by atoms with Gasteiger partial charge in [0.15, 0.2) is 0 Å². The van der Waals surface area contributed by atoms with Crippen molar-refractivity contribution >= 4 is 27.3 Å². The van der Waals surface area contributed by atoms with Gasteiger partial charge in [-0.15, -0.1) is 0 Å². The minimum atomic E-state index is -3.72. The number of nitrogens with zero attached hydrogens (tertiary/aromatic N) is 2. The molecule has 0 atom stereocenters. The third-order valence-corrected chi connectivity index (χ3v) is 6.33. The maximum Gasteiger partial charge on any atom is 0.262 e. The normalized spacial score (nSPS) is 13.6. The summed E-state index contributed by atoms with van der Waals surface area (Å²) in [5.74, 6) is 1.08. The van der Waals surface area contributed by atoms with Gasteiger partial charge in [0.1, 0.15) is 5.82 Å². The van der Waals surface area contributed by atoms with Crippen molar-refractivity contribution in [1.82, 2.24) is 9.55 Å². The Kier molecular flexibility index (Phi) is 4.25. The number of aryl methyl sites for hydroxylation is 2. The molecule has 0 aliphatic carbocycles. The molecule has 26 heavy (non-hydrogen) atoms. The van der Waals surface area contributed by atoms with Crippen LogP contribution in [0.3, 0.4) is 0 Å². The van der Waals surface area contributed by atoms with Crippen LogP contribution in [0.4, 0.5) is 5.69 Å². The maximum absolute atomic E-state index is 12.8. The highest BCUT2D eigenvalue weighted by molar-refractivity contribution is 7.92. The molecule has 0 bridgehead atoms. The van der Waals surface area contributed by atoms with Crippen molar-refractivity contribution in [3.63, 3.8) is 0 Å². The summed E-state index contributed by atoms with van der Waals surface area (Å²) in [6.45, 7) is 2.69. The number of fused-ring (bicyclic) bond motifs is 1. The Morgan fingerprint density at radius 1 is 1.19 bits per heavy atom. The van der Waals surface area contributed by atoms with Crippen molar-refractivity contribution in [1.29, 1.82) is 0 Å². The summed E-state index contributed by atoms with van der Waals surface area (Å²) in [5.41, 5.74) is 3.10. The lowest BCUT2D eigenvalue weighted by Gasteiger charge is -2.12. The van der Waals surface area contributed by atoms with Gasteiger partial charge in [-0.2, -0.15) is 0 Å². The summed E-state index contributed by atoms with van der Waals surface area (Å²) in [5, 5.41) is 0.388. The van der Waals surface area contributed by atoms with E-state index in [-0.39, 0.29) is 4.90 Å². The molecule has 0 radical (unpaired) electrons. The standard InChI is InChI=1S/C19H18ClN3O2S/c1-13-7-8-15(20)11-18(13)26(24,25)22-16-5-2-4-14(10-16)17-12-21-19-6-3-9-23(17)19/h2,4-5,7-8,10-12,22H,3,6,9H2,1H3. The topological polar surface area (TPSA) is 64.0 Å². The van der Waals surface area contributed by atoms with Crippen LogP contribution >= 0.6 is 11.6 Å². The van der Waals surface area contributed by atoms with Crippen LogP contribution in [0.25, 0.3) is 11.3 Å². The molecule has 0 spiro atoms. The Balaban J connectivity index is 1.68. The molecule has 0 saturated heterocycles. The Labute approximate surface area is 157 Å². The highest BCUT2D eigenvalue weighted by Crippen LogP contribution is 2.29. The van der Waals surface area contributed by atoms with Gasteiger partial charge in [-0.05, 0) is 43.2 Å². The molecule has 0 amide bonds. The van der Waals surface area contributed by atoms with Crippen molar-refractivity contribution in [3.05, 3.63) is 65.1 Å². The van der Waals surface area contributed by atoms with Crippen LogP contribution < -0.4 is 4.72 Å². The zero-order chi connectivity index (χ0) is 18.3. The summed E-state index contributed by atoms with van der Waals surface area (Å²) < 4.78 is 30.4. The number of hydrogen-bond donors (Lipinski definition) is 1. The van der Waals surface area contributed by atoms with E-state index in [4.69, 9.17) is 11.6 Å². The van der Waals surface area contributed by atoms with Crippen LogP contribution in [0.1, 0.15) is 17.8 Å². The van der Waals surface area contributed by atoms with Crippen LogP contribution in [0.2, 0.25) is 5.02 Å². The molecule has 2 heterocycles. The summed E-state index contributed by atoms with van der Waals surface area (Å²) in [6.07, 6.45) is 3.93. The van der Waals surface area contributed by atoms with E-state index in [2.05, 4.69) is 14.3 Å². The highest BCUT2D eigenvalue weighted by Gasteiger charge is 2.19. The summed E-state index contributed by atoms with van der Waals surface area (Å²) in [4.78, 5) is 4.64. The van der Waals surface area contributed by atoms with Crippen molar-refractivity contribution in [2.75, 3.05) is 4.72 Å². The summed E-state index contributed by atoms with van der Waals surface area (Å²) in [6, 6.07) is 12.2. The zero-order valence-corrected chi connectivity index (χ0v) is 15.8. The van der Waals surface area contributed by atoms with Crippen LogP contribution in [-0.2, 0) is 23.0 Å². The molecule has 4 rings (SSSR count). The number of nitrogens with one attached hydrogen (secondary N) is 1. The molecule has 7 heteroatoms. The highest BCUT2D eigenvalue weighted by atomic mass is 35.5. The number of sulfonamides is 1. The minimum Gasteiger partial charge on any atom is -0.328 e. The SMILES string of the molecule is Cc1ccc(Cl)cc1S(=O)(=O)Nc1cccc(-c2cnc3n2CCC3)c1. The van der Waals surface area contributed by atoms with Gasteiger partial charge < -0.3 is 4.57 Å². The van der Waals surface area contributed by atoms with Crippen molar-refractivity contribution in [2.24, 2.45) is 0 Å². The number of aromatic nitrogens is 2. The molecule has 1 N–H and O–H groups in total. The first-order chi connectivity index (χ1) is 12.4. The Morgan fingerprint density at radius 2 is 2.04 bits per heavy atom. The predicted molar refractivity (Wildman–Crippen MR) is 103 cm³/mol. The van der Waals surface area contributed by atoms with Crippen LogP contribution in [0.15, 0.2) is 53.6 Å². The fourth-order valence-corrected chi connectivity index (χ4v) is 4.86. The van der Waals surface area contributed by atoms with Gasteiger partial charge in [0, 0.05) is 29.2 Å². The third kappa shape index (κ3) is 3.10. The van der Waals surface area contributed by atoms with Gasteiger partial charge in [0.05, 0.1) is 16.8 Å². The van der Waals surface area contributed by atoms with E-state index in [0.29, 0.717) is 16.3 Å². The summed E-state index contributed by atoms with van der Waals surface area (Å²) in [7, 11) is -3.72. The fraction of sp³-hybridized carbons (Fsp3) is 0.211. The second kappa shape index (κ2) is 6.45. The number of benzene rings is 2. The van der Waals surface area contributed by atoms with Crippen molar-refractivity contribution in [2.45, 2.75) is 31.2 Å². The second-order valence-corrected chi connectivity index (χ2v) is 8.50. The zero-order valence-electron chi connectivity index (χ0n) is 14.2. The minimum absolute atomic E-state index is 0.181. The maximum atomic E-state index is 12.8. The molecule has 134 valence electrons. The average molecular weight is 388 g/mol. The van der Waals surface area contributed by atoms with Crippen LogP contribution in [-0.4, -0.2) is 18.0 Å². The third-order valence-electron chi connectivity index (χ3n) is 4.57. The molecule has 2 aromatic carbocycles. The van der Waals surface area contributed by atoms with Crippen molar-refractivity contribution < 1.29 is 8.42 Å². The lowest BCUT2D eigenvalue weighted by Crippen LogP contribution is -2.14. The lowest BCUT2D eigenvalue weighted by molar-refractivity contribution is 0.600. The number of imidazole rings is 1. The molecule has 1 aromatic heterocycles. The first-order valence-corrected chi connectivity index (χ1v) is 10.2. The monoisotopic (exact) mass is 387 g/mol. The largest absolute Gasteiger partial charge is 0.328 e. The van der Waals surface area contributed by atoms with Gasteiger partial charge in [-0.3, -0.25) is 4.72 Å². The molecular formula is C19H18ClN3O2S. The average Bonchev–Trinajstić information content (AvgIpc) is 3.20. The first-order valence-electron chi connectivity index (χ1n) is 8.38. The molecular weight excluding hydrogens is 370 g/mol. The van der Waals surface area contributed by atoms with Crippen LogP contribution in [0.5, 0.6) is 0 Å². The van der Waals surface area contributed by atoms with E-state index in [1.807, 2.05) is 24.4 Å². The first kappa shape index (κ1) is 17.1. The molecule has 3 aromatic rings. The quantitative estimate of drug-likeness (QED) is 0.727. The van der Waals surface area contributed by atoms with Crippen LogP contribution in [0, 0.1) is 6.92 Å². The van der Waals surface area contributed by atoms with Gasteiger partial charge in [-0.25, -0.2) is 13.4 Å². The number of halogens is 1. The molecule has 5 nitrogen and oxygen atoms in total. The fourth-order valence-electron chi connectivity index (χ4n) is 3.30. The van der Waals surface area contributed by atoms with E-state index in [9.17, 15) is 8.42 Å². The van der Waals surface area contributed by atoms with E-state index in [1.165, 1.54) is 6.07 Å². The number of hydrogen-bond acceptors (Lipinski definition) is 3. The van der Waals surface area contributed by atoms with E-state index >= 15 is 0 Å². The molecule has 0 saturated carbocycles. The molecule has 1 aliphatic rings.